The van der Waals surface area contributed by atoms with E-state index in [1.165, 1.54) is 0 Å². The van der Waals surface area contributed by atoms with Crippen LogP contribution in [-0.2, 0) is 10.0 Å². The number of aryl methyl sites for hydroxylation is 1. The van der Waals surface area contributed by atoms with Crippen LogP contribution in [0.5, 0.6) is 0 Å². The first kappa shape index (κ1) is 13.4. The first-order valence-corrected chi connectivity index (χ1v) is 7.07. The van der Waals surface area contributed by atoms with E-state index in [0.717, 1.165) is 11.3 Å². The molecule has 0 aliphatic heterocycles. The lowest BCUT2D eigenvalue weighted by molar-refractivity contribution is 0.564. The van der Waals surface area contributed by atoms with Gasteiger partial charge in [-0.25, -0.2) is 18.1 Å². The van der Waals surface area contributed by atoms with Gasteiger partial charge < -0.3 is 0 Å². The van der Waals surface area contributed by atoms with Crippen molar-refractivity contribution < 1.29 is 8.42 Å². The molecule has 0 radical (unpaired) electrons. The second-order valence-corrected chi connectivity index (χ2v) is 6.71. The number of nitrogens with zero attached hydrogens (tertiary/aromatic N) is 2. The summed E-state index contributed by atoms with van der Waals surface area (Å²) in [5.41, 5.74) is 0.367. The number of hydrogen-bond acceptors (Lipinski definition) is 5. The number of sulfonamides is 1. The highest BCUT2D eigenvalue weighted by Crippen LogP contribution is 2.26. The topological polar surface area (TPSA) is 82.8 Å². The molecule has 1 aromatic rings. The normalized spacial score (nSPS) is 13.4. The van der Waals surface area contributed by atoms with Gasteiger partial charge in [0.05, 0.1) is 18.2 Å². The minimum Gasteiger partial charge on any atom is -0.229 e. The van der Waals surface area contributed by atoms with E-state index in [1.807, 2.05) is 6.07 Å². The molecule has 1 unspecified atom stereocenters. The lowest BCUT2D eigenvalue weighted by Crippen LogP contribution is -2.32. The second-order valence-electron chi connectivity index (χ2n) is 3.22. The van der Waals surface area contributed by atoms with Crippen molar-refractivity contribution in [3.8, 4) is 6.07 Å². The maximum Gasteiger partial charge on any atom is 0.252 e. The average Bonchev–Trinajstić information content (AvgIpc) is 2.45. The molecule has 88 valence electrons. The molecule has 8 heteroatoms. The highest BCUT2D eigenvalue weighted by atomic mass is 35.5. The van der Waals surface area contributed by atoms with E-state index in [2.05, 4.69) is 9.71 Å². The van der Waals surface area contributed by atoms with Crippen LogP contribution >= 0.6 is 22.9 Å². The summed E-state index contributed by atoms with van der Waals surface area (Å²) in [5, 5.41) is 8.45. The van der Waals surface area contributed by atoms with Gasteiger partial charge in [0.25, 0.3) is 10.0 Å². The van der Waals surface area contributed by atoms with E-state index in [4.69, 9.17) is 16.9 Å². The molecular formula is C8H10ClN3O2S2. The van der Waals surface area contributed by atoms with Crippen molar-refractivity contribution in [2.45, 2.75) is 30.5 Å². The molecule has 0 spiro atoms. The van der Waals surface area contributed by atoms with Crippen molar-refractivity contribution in [2.24, 2.45) is 0 Å². The van der Waals surface area contributed by atoms with Crippen LogP contribution in [-0.4, -0.2) is 19.4 Å². The molecule has 1 heterocycles. The Balaban J connectivity index is 2.95. The third kappa shape index (κ3) is 3.15. The molecule has 0 fully saturated rings. The number of hydrogen-bond donors (Lipinski definition) is 1. The Labute approximate surface area is 103 Å². The SMILES string of the molecule is Cc1nc(Cl)sc1S(=O)(=O)NC(C)CC#N. The Morgan fingerprint density at radius 1 is 1.69 bits per heavy atom. The summed E-state index contributed by atoms with van der Waals surface area (Å²) in [7, 11) is -3.62. The predicted octanol–water partition coefficient (Wildman–Crippen LogP) is 1.69. The van der Waals surface area contributed by atoms with Gasteiger partial charge in [-0.3, -0.25) is 0 Å². The molecular weight excluding hydrogens is 270 g/mol. The fourth-order valence-electron chi connectivity index (χ4n) is 1.10. The van der Waals surface area contributed by atoms with Crippen LogP contribution in [0.15, 0.2) is 4.21 Å². The summed E-state index contributed by atoms with van der Waals surface area (Å²) in [4.78, 5) is 3.83. The van der Waals surface area contributed by atoms with Crippen molar-refractivity contribution in [2.75, 3.05) is 0 Å². The number of nitriles is 1. The van der Waals surface area contributed by atoms with E-state index < -0.39 is 16.1 Å². The number of aromatic nitrogens is 1. The van der Waals surface area contributed by atoms with Crippen molar-refractivity contribution in [1.82, 2.24) is 9.71 Å². The molecule has 5 nitrogen and oxygen atoms in total. The van der Waals surface area contributed by atoms with Crippen LogP contribution in [0.1, 0.15) is 19.0 Å². The van der Waals surface area contributed by atoms with E-state index in [-0.39, 0.29) is 15.1 Å². The van der Waals surface area contributed by atoms with Crippen molar-refractivity contribution in [3.63, 3.8) is 0 Å². The molecule has 0 saturated carbocycles. The molecule has 0 aliphatic rings. The summed E-state index contributed by atoms with van der Waals surface area (Å²) in [5.74, 6) is 0. The van der Waals surface area contributed by atoms with Crippen LogP contribution in [0.4, 0.5) is 0 Å². The Hall–Kier alpha value is -0.680. The Bertz CT molecular complexity index is 518. The number of rotatable bonds is 4. The van der Waals surface area contributed by atoms with Gasteiger partial charge >= 0.3 is 0 Å². The fourth-order valence-corrected chi connectivity index (χ4v) is 4.10. The van der Waals surface area contributed by atoms with Gasteiger partial charge in [0.15, 0.2) is 8.68 Å². The quantitative estimate of drug-likeness (QED) is 0.909. The molecule has 16 heavy (non-hydrogen) atoms. The third-order valence-corrected chi connectivity index (χ3v) is 5.19. The van der Waals surface area contributed by atoms with E-state index in [1.54, 1.807) is 13.8 Å². The standard InChI is InChI=1S/C8H10ClN3O2S2/c1-5(3-4-10)12-16(13,14)7-6(2)11-8(9)15-7/h5,12H,3H2,1-2H3. The minimum absolute atomic E-state index is 0.0993. The average molecular weight is 280 g/mol. The number of thiazole rings is 1. The highest BCUT2D eigenvalue weighted by Gasteiger charge is 2.23. The van der Waals surface area contributed by atoms with Crippen LogP contribution in [0, 0.1) is 18.3 Å². The molecule has 1 atom stereocenters. The van der Waals surface area contributed by atoms with Crippen molar-refractivity contribution in [3.05, 3.63) is 10.2 Å². The Kier molecular flexibility index (Phi) is 4.27. The summed E-state index contributed by atoms with van der Waals surface area (Å²) < 4.78 is 26.4. The Morgan fingerprint density at radius 3 is 2.75 bits per heavy atom. The third-order valence-electron chi connectivity index (χ3n) is 1.73. The van der Waals surface area contributed by atoms with Crippen molar-refractivity contribution in [1.29, 1.82) is 5.26 Å². The molecule has 1 N–H and O–H groups in total. The first-order valence-electron chi connectivity index (χ1n) is 4.39. The van der Waals surface area contributed by atoms with Gasteiger partial charge in [-0.2, -0.15) is 5.26 Å². The van der Waals surface area contributed by atoms with Gasteiger partial charge in [-0.05, 0) is 13.8 Å². The van der Waals surface area contributed by atoms with Gasteiger partial charge in [0.1, 0.15) is 0 Å². The van der Waals surface area contributed by atoms with Gasteiger partial charge in [-0.15, -0.1) is 0 Å². The smallest absolute Gasteiger partial charge is 0.229 e. The fraction of sp³-hybridized carbons (Fsp3) is 0.500. The molecule has 1 rings (SSSR count). The first-order chi connectivity index (χ1) is 7.36. The zero-order chi connectivity index (χ0) is 12.3. The van der Waals surface area contributed by atoms with Gasteiger partial charge in [0.2, 0.25) is 0 Å². The van der Waals surface area contributed by atoms with Crippen LogP contribution in [0.3, 0.4) is 0 Å². The van der Waals surface area contributed by atoms with E-state index in [9.17, 15) is 8.42 Å². The monoisotopic (exact) mass is 279 g/mol. The zero-order valence-electron chi connectivity index (χ0n) is 8.69. The molecule has 0 amide bonds. The van der Waals surface area contributed by atoms with Crippen LogP contribution < -0.4 is 4.72 Å². The van der Waals surface area contributed by atoms with E-state index in [0.29, 0.717) is 5.69 Å². The summed E-state index contributed by atoms with van der Waals surface area (Å²) >= 11 is 6.53. The second kappa shape index (κ2) is 5.10. The van der Waals surface area contributed by atoms with Gasteiger partial charge in [-0.1, -0.05) is 22.9 Å². The highest BCUT2D eigenvalue weighted by molar-refractivity contribution is 7.91. The lowest BCUT2D eigenvalue weighted by atomic mass is 10.3. The lowest BCUT2D eigenvalue weighted by Gasteiger charge is -2.09. The molecule has 1 aromatic heterocycles. The maximum atomic E-state index is 11.8. The van der Waals surface area contributed by atoms with Crippen LogP contribution in [0.2, 0.25) is 4.47 Å². The molecule has 0 bridgehead atoms. The van der Waals surface area contributed by atoms with E-state index >= 15 is 0 Å². The predicted molar refractivity (Wildman–Crippen MR) is 61.9 cm³/mol. The zero-order valence-corrected chi connectivity index (χ0v) is 11.1. The largest absolute Gasteiger partial charge is 0.252 e. The van der Waals surface area contributed by atoms with Crippen molar-refractivity contribution >= 4 is 33.0 Å². The molecule has 0 saturated heterocycles. The maximum absolute atomic E-state index is 11.8. The summed E-state index contributed by atoms with van der Waals surface area (Å²) in [6.07, 6.45) is 0.116. The Morgan fingerprint density at radius 2 is 2.31 bits per heavy atom. The molecule has 0 aromatic carbocycles. The number of halogens is 1. The van der Waals surface area contributed by atoms with Gasteiger partial charge in [0, 0.05) is 6.04 Å². The molecule has 0 aliphatic carbocycles. The minimum atomic E-state index is -3.62. The summed E-state index contributed by atoms with van der Waals surface area (Å²) in [6.45, 7) is 3.20. The number of nitrogens with one attached hydrogen (secondary N) is 1. The summed E-state index contributed by atoms with van der Waals surface area (Å²) in [6, 6.07) is 1.46. The van der Waals surface area contributed by atoms with Crippen LogP contribution in [0.25, 0.3) is 0 Å².